The van der Waals surface area contributed by atoms with Crippen molar-refractivity contribution < 1.29 is 9.53 Å². The van der Waals surface area contributed by atoms with Crippen molar-refractivity contribution in [2.45, 2.75) is 26.2 Å². The first-order chi connectivity index (χ1) is 5.72. The molecule has 3 heteroatoms. The summed E-state index contributed by atoms with van der Waals surface area (Å²) in [5.74, 6) is -0.311. The number of hydrogen-bond donors (Lipinski definition) is 1. The first-order valence-corrected chi connectivity index (χ1v) is 4.27. The van der Waals surface area contributed by atoms with Crippen molar-refractivity contribution in [3.63, 3.8) is 0 Å². The molecule has 0 bridgehead atoms. The maximum Gasteiger partial charge on any atom is 0.333 e. The van der Waals surface area contributed by atoms with Crippen LogP contribution >= 0.6 is 0 Å². The molecule has 0 heterocycles. The van der Waals surface area contributed by atoms with Crippen LogP contribution in [0.2, 0.25) is 0 Å². The third-order valence-corrected chi connectivity index (χ3v) is 1.47. The smallest absolute Gasteiger partial charge is 0.333 e. The molecule has 0 fully saturated rings. The highest BCUT2D eigenvalue weighted by molar-refractivity contribution is 5.87. The van der Waals surface area contributed by atoms with Crippen molar-refractivity contribution in [2.24, 2.45) is 5.73 Å². The molecule has 0 rings (SSSR count). The molecular formula is C9H17NO2. The highest BCUT2D eigenvalue weighted by Crippen LogP contribution is 2.06. The largest absolute Gasteiger partial charge is 0.461 e. The summed E-state index contributed by atoms with van der Waals surface area (Å²) in [4.78, 5) is 11.0. The minimum atomic E-state index is -0.311. The van der Waals surface area contributed by atoms with Crippen LogP contribution in [-0.2, 0) is 9.53 Å². The van der Waals surface area contributed by atoms with Gasteiger partial charge in [0.05, 0.1) is 0 Å². The molecule has 3 nitrogen and oxygen atoms in total. The van der Waals surface area contributed by atoms with Gasteiger partial charge in [-0.2, -0.15) is 0 Å². The topological polar surface area (TPSA) is 52.3 Å². The molecule has 0 aliphatic heterocycles. The Hall–Kier alpha value is -0.830. The zero-order valence-corrected chi connectivity index (χ0v) is 7.64. The average molecular weight is 171 g/mol. The van der Waals surface area contributed by atoms with E-state index in [1.165, 1.54) is 0 Å². The first kappa shape index (κ1) is 11.2. The number of carbonyl (C=O) groups is 1. The second-order valence-electron chi connectivity index (χ2n) is 2.63. The van der Waals surface area contributed by atoms with Crippen LogP contribution in [0.4, 0.5) is 0 Å². The third-order valence-electron chi connectivity index (χ3n) is 1.47. The summed E-state index contributed by atoms with van der Waals surface area (Å²) < 4.78 is 4.79. The van der Waals surface area contributed by atoms with Gasteiger partial charge in [0.1, 0.15) is 6.61 Å². The Kier molecular flexibility index (Phi) is 6.38. The van der Waals surface area contributed by atoms with E-state index >= 15 is 0 Å². The summed E-state index contributed by atoms with van der Waals surface area (Å²) in [5.41, 5.74) is 5.72. The Labute approximate surface area is 73.6 Å². The number of nitrogens with two attached hydrogens (primary N) is 1. The van der Waals surface area contributed by atoms with E-state index in [-0.39, 0.29) is 12.6 Å². The van der Waals surface area contributed by atoms with Crippen molar-refractivity contribution >= 4 is 5.97 Å². The number of rotatable bonds is 6. The zero-order valence-electron chi connectivity index (χ0n) is 7.64. The van der Waals surface area contributed by atoms with E-state index in [0.29, 0.717) is 12.1 Å². The molecule has 0 unspecified atom stereocenters. The molecule has 0 aliphatic rings. The molecule has 0 saturated heterocycles. The Morgan fingerprint density at radius 2 is 2.25 bits per heavy atom. The fraction of sp³-hybridized carbons (Fsp3) is 0.667. The molecule has 0 atom stereocenters. The lowest BCUT2D eigenvalue weighted by Gasteiger charge is -2.04. The number of unbranched alkanes of at least 4 members (excludes halogenated alkanes) is 1. The predicted octanol–water partition coefficient (Wildman–Crippen LogP) is 1.23. The highest BCUT2D eigenvalue weighted by atomic mass is 16.5. The Bertz CT molecular complexity index is 137. The predicted molar refractivity (Wildman–Crippen MR) is 48.7 cm³/mol. The van der Waals surface area contributed by atoms with Gasteiger partial charge < -0.3 is 10.5 Å². The first-order valence-electron chi connectivity index (χ1n) is 4.27. The summed E-state index contributed by atoms with van der Waals surface area (Å²) in [6, 6.07) is 0. The van der Waals surface area contributed by atoms with E-state index in [1.54, 1.807) is 0 Å². The molecule has 12 heavy (non-hydrogen) atoms. The maximum absolute atomic E-state index is 11.0. The van der Waals surface area contributed by atoms with E-state index in [9.17, 15) is 4.79 Å². The highest BCUT2D eigenvalue weighted by Gasteiger charge is 2.06. The molecule has 0 radical (unpaired) electrons. The van der Waals surface area contributed by atoms with Crippen LogP contribution in [0.1, 0.15) is 26.2 Å². The van der Waals surface area contributed by atoms with Crippen molar-refractivity contribution in [3.05, 3.63) is 12.2 Å². The van der Waals surface area contributed by atoms with Crippen LogP contribution in [0, 0.1) is 0 Å². The quantitative estimate of drug-likeness (QED) is 0.483. The summed E-state index contributed by atoms with van der Waals surface area (Å²) in [6.07, 6.45) is 2.76. The standard InChI is InChI=1S/C9H17NO2/c1-3-4-5-8(2)9(11)12-7-6-10/h2-7,10H2,1H3. The average Bonchev–Trinajstić information content (AvgIpc) is 2.10. The monoisotopic (exact) mass is 171 g/mol. The molecule has 2 N–H and O–H groups in total. The van der Waals surface area contributed by atoms with Crippen LogP contribution in [-0.4, -0.2) is 19.1 Å². The van der Waals surface area contributed by atoms with E-state index in [0.717, 1.165) is 19.3 Å². The summed E-state index contributed by atoms with van der Waals surface area (Å²) in [7, 11) is 0. The van der Waals surface area contributed by atoms with Gasteiger partial charge in [0, 0.05) is 12.1 Å². The molecule has 0 saturated carbocycles. The molecule has 0 amide bonds. The Morgan fingerprint density at radius 3 is 2.75 bits per heavy atom. The Balaban J connectivity index is 3.55. The van der Waals surface area contributed by atoms with Gasteiger partial charge in [-0.15, -0.1) is 0 Å². The maximum atomic E-state index is 11.0. The van der Waals surface area contributed by atoms with Crippen molar-refractivity contribution in [3.8, 4) is 0 Å². The van der Waals surface area contributed by atoms with Gasteiger partial charge in [-0.25, -0.2) is 4.79 Å². The van der Waals surface area contributed by atoms with Crippen LogP contribution in [0.3, 0.4) is 0 Å². The number of esters is 1. The minimum absolute atomic E-state index is 0.282. The molecule has 0 aromatic heterocycles. The van der Waals surface area contributed by atoms with Crippen molar-refractivity contribution in [1.29, 1.82) is 0 Å². The van der Waals surface area contributed by atoms with Gasteiger partial charge in [0.2, 0.25) is 0 Å². The normalized spacial score (nSPS) is 9.50. The van der Waals surface area contributed by atoms with Gasteiger partial charge in [-0.3, -0.25) is 0 Å². The summed E-state index contributed by atoms with van der Waals surface area (Å²) in [5, 5.41) is 0. The Morgan fingerprint density at radius 1 is 1.58 bits per heavy atom. The molecule has 0 aliphatic carbocycles. The number of ether oxygens (including phenoxy) is 1. The number of hydrogen-bond acceptors (Lipinski definition) is 3. The van der Waals surface area contributed by atoms with E-state index < -0.39 is 0 Å². The van der Waals surface area contributed by atoms with Gasteiger partial charge in [-0.05, 0) is 12.8 Å². The second-order valence-corrected chi connectivity index (χ2v) is 2.63. The lowest BCUT2D eigenvalue weighted by atomic mass is 10.1. The van der Waals surface area contributed by atoms with Crippen molar-refractivity contribution in [1.82, 2.24) is 0 Å². The lowest BCUT2D eigenvalue weighted by Crippen LogP contribution is -2.14. The van der Waals surface area contributed by atoms with Gasteiger partial charge >= 0.3 is 5.97 Å². The van der Waals surface area contributed by atoms with Gasteiger partial charge in [0.25, 0.3) is 0 Å². The summed E-state index contributed by atoms with van der Waals surface area (Å²) in [6.45, 7) is 6.35. The van der Waals surface area contributed by atoms with E-state index in [2.05, 4.69) is 13.5 Å². The van der Waals surface area contributed by atoms with Crippen LogP contribution in [0.5, 0.6) is 0 Å². The van der Waals surface area contributed by atoms with E-state index in [1.807, 2.05) is 0 Å². The zero-order chi connectivity index (χ0) is 9.40. The third kappa shape index (κ3) is 4.91. The van der Waals surface area contributed by atoms with Gasteiger partial charge in [-0.1, -0.05) is 19.9 Å². The summed E-state index contributed by atoms with van der Waals surface area (Å²) >= 11 is 0. The molecule has 0 spiro atoms. The second kappa shape index (κ2) is 6.85. The molecule has 0 aromatic carbocycles. The SMILES string of the molecule is C=C(CCCC)C(=O)OCCN. The van der Waals surface area contributed by atoms with Crippen LogP contribution in [0.25, 0.3) is 0 Å². The van der Waals surface area contributed by atoms with Crippen molar-refractivity contribution in [2.75, 3.05) is 13.2 Å². The van der Waals surface area contributed by atoms with E-state index in [4.69, 9.17) is 10.5 Å². The minimum Gasteiger partial charge on any atom is -0.461 e. The van der Waals surface area contributed by atoms with Crippen LogP contribution in [0.15, 0.2) is 12.2 Å². The fourth-order valence-electron chi connectivity index (χ4n) is 0.746. The molecule has 0 aromatic rings. The fourth-order valence-corrected chi connectivity index (χ4v) is 0.746. The molecule has 70 valence electrons. The van der Waals surface area contributed by atoms with Gasteiger partial charge in [0.15, 0.2) is 0 Å². The van der Waals surface area contributed by atoms with Crippen LogP contribution < -0.4 is 5.73 Å². The molecular weight excluding hydrogens is 154 g/mol. The number of carbonyl (C=O) groups excluding carboxylic acids is 1. The lowest BCUT2D eigenvalue weighted by molar-refractivity contribution is -0.138.